The van der Waals surface area contributed by atoms with Crippen molar-refractivity contribution in [2.45, 2.75) is 12.8 Å². The van der Waals surface area contributed by atoms with E-state index >= 15 is 0 Å². The van der Waals surface area contributed by atoms with E-state index in [2.05, 4.69) is 106 Å². The Bertz CT molecular complexity index is 468. The summed E-state index contributed by atoms with van der Waals surface area (Å²) in [6, 6.07) is 21.3. The summed E-state index contributed by atoms with van der Waals surface area (Å²) in [5, 5.41) is 0. The smallest absolute Gasteiger partial charge is 0.0513 e. The van der Waals surface area contributed by atoms with Gasteiger partial charge < -0.3 is 0 Å². The third-order valence-electron chi connectivity index (χ3n) is 2.79. The van der Waals surface area contributed by atoms with Crippen molar-refractivity contribution in [2.75, 3.05) is 0 Å². The lowest BCUT2D eigenvalue weighted by molar-refractivity contribution is 1.04. The van der Waals surface area contributed by atoms with Gasteiger partial charge in [-0.1, -0.05) is 60.7 Å². The van der Waals surface area contributed by atoms with Crippen LogP contribution in [0.4, 0.5) is 0 Å². The molecule has 0 radical (unpaired) electrons. The van der Waals surface area contributed by atoms with Gasteiger partial charge in [-0.3, -0.25) is 0 Å². The molecule has 2 aromatic rings. The molecule has 0 saturated heterocycles. The maximum Gasteiger partial charge on any atom is 0.0513 e. The van der Waals surface area contributed by atoms with Gasteiger partial charge in [0, 0.05) is 0 Å². The highest BCUT2D eigenvalue weighted by Crippen LogP contribution is 2.26. The van der Waals surface area contributed by atoms with Crippen LogP contribution in [0.25, 0.3) is 0 Å². The molecule has 0 heterocycles. The summed E-state index contributed by atoms with van der Waals surface area (Å²) in [5.41, 5.74) is 4.26. The van der Waals surface area contributed by atoms with Crippen molar-refractivity contribution in [1.82, 2.24) is 0 Å². The van der Waals surface area contributed by atoms with E-state index in [0.29, 0.717) is 0 Å². The summed E-state index contributed by atoms with van der Waals surface area (Å²) in [5.74, 6) is 0. The van der Waals surface area contributed by atoms with Crippen LogP contribution >= 0.6 is 45.2 Å². The summed E-state index contributed by atoms with van der Waals surface area (Å²) < 4.78 is 1.37. The van der Waals surface area contributed by atoms with E-state index in [4.69, 9.17) is 0 Å². The standard InChI is InChI=1S/C16H14I2/c17-16(18)15(11-13-7-3-1-4-8-13)12-14-9-5-2-6-10-14/h1-10H,11-12H2. The highest BCUT2D eigenvalue weighted by atomic mass is 127. The molecule has 0 aliphatic rings. The van der Waals surface area contributed by atoms with Crippen molar-refractivity contribution >= 4 is 45.2 Å². The van der Waals surface area contributed by atoms with Gasteiger partial charge in [0.25, 0.3) is 0 Å². The molecule has 0 saturated carbocycles. The highest BCUT2D eigenvalue weighted by Gasteiger charge is 2.05. The SMILES string of the molecule is IC(I)=C(Cc1ccccc1)Cc1ccccc1. The monoisotopic (exact) mass is 460 g/mol. The van der Waals surface area contributed by atoms with Gasteiger partial charge in [0.15, 0.2) is 0 Å². The molecular weight excluding hydrogens is 446 g/mol. The van der Waals surface area contributed by atoms with Crippen LogP contribution in [-0.2, 0) is 12.8 Å². The second-order valence-corrected chi connectivity index (χ2v) is 8.41. The molecule has 92 valence electrons. The summed E-state index contributed by atoms with van der Waals surface area (Å²) >= 11 is 4.85. The Morgan fingerprint density at radius 1 is 0.667 bits per heavy atom. The first-order valence-corrected chi connectivity index (χ1v) is 8.02. The largest absolute Gasteiger partial charge is 0.0622 e. The molecule has 0 nitrogen and oxygen atoms in total. The second kappa shape index (κ2) is 7.28. The zero-order chi connectivity index (χ0) is 12.8. The van der Waals surface area contributed by atoms with E-state index in [1.807, 2.05) is 0 Å². The lowest BCUT2D eigenvalue weighted by Crippen LogP contribution is -1.96. The molecule has 0 unspecified atom stereocenters. The van der Waals surface area contributed by atoms with E-state index in [9.17, 15) is 0 Å². The molecule has 0 N–H and O–H groups in total. The number of hydrogen-bond acceptors (Lipinski definition) is 0. The van der Waals surface area contributed by atoms with Crippen LogP contribution < -0.4 is 0 Å². The molecule has 0 aliphatic heterocycles. The molecule has 0 spiro atoms. The number of allylic oxidation sites excluding steroid dienone is 1. The first kappa shape index (κ1) is 14.1. The maximum absolute atomic E-state index is 2.42. The summed E-state index contributed by atoms with van der Waals surface area (Å²) in [7, 11) is 0. The zero-order valence-corrected chi connectivity index (χ0v) is 14.3. The summed E-state index contributed by atoms with van der Waals surface area (Å²) in [4.78, 5) is 0. The first-order valence-electron chi connectivity index (χ1n) is 5.86. The third-order valence-corrected chi connectivity index (χ3v) is 4.31. The topological polar surface area (TPSA) is 0 Å². The van der Waals surface area contributed by atoms with E-state index in [1.54, 1.807) is 0 Å². The van der Waals surface area contributed by atoms with Gasteiger partial charge in [0.2, 0.25) is 0 Å². The van der Waals surface area contributed by atoms with Crippen LogP contribution in [0.2, 0.25) is 0 Å². The maximum atomic E-state index is 2.42. The minimum atomic E-state index is 1.04. The predicted octanol–water partition coefficient (Wildman–Crippen LogP) is 5.55. The first-order chi connectivity index (χ1) is 8.75. The number of benzene rings is 2. The number of rotatable bonds is 4. The van der Waals surface area contributed by atoms with Gasteiger partial charge in [-0.15, -0.1) is 0 Å². The Labute approximate surface area is 136 Å². The van der Waals surface area contributed by atoms with Crippen LogP contribution in [0.3, 0.4) is 0 Å². The minimum Gasteiger partial charge on any atom is -0.0622 e. The van der Waals surface area contributed by atoms with Gasteiger partial charge in [0.1, 0.15) is 0 Å². The average Bonchev–Trinajstić information content (AvgIpc) is 2.40. The molecule has 0 aromatic heterocycles. The Morgan fingerprint density at radius 3 is 1.39 bits per heavy atom. The highest BCUT2D eigenvalue weighted by molar-refractivity contribution is 14.2. The van der Waals surface area contributed by atoms with Crippen molar-refractivity contribution < 1.29 is 0 Å². The van der Waals surface area contributed by atoms with Gasteiger partial charge in [-0.2, -0.15) is 0 Å². The molecule has 0 atom stereocenters. The van der Waals surface area contributed by atoms with E-state index in [-0.39, 0.29) is 0 Å². The molecule has 0 fully saturated rings. The molecule has 18 heavy (non-hydrogen) atoms. The Morgan fingerprint density at radius 2 is 1.06 bits per heavy atom. The fourth-order valence-corrected chi connectivity index (χ4v) is 2.64. The average molecular weight is 460 g/mol. The zero-order valence-electron chi connectivity index (χ0n) is 9.94. The van der Waals surface area contributed by atoms with Crippen LogP contribution in [0, 0.1) is 0 Å². The van der Waals surface area contributed by atoms with E-state index < -0.39 is 0 Å². The Kier molecular flexibility index (Phi) is 5.69. The molecule has 0 amide bonds. The number of halogens is 2. The fraction of sp³-hybridized carbons (Fsp3) is 0.125. The molecular formula is C16H14I2. The van der Waals surface area contributed by atoms with Crippen molar-refractivity contribution in [1.29, 1.82) is 0 Å². The molecule has 0 bridgehead atoms. The predicted molar refractivity (Wildman–Crippen MR) is 95.4 cm³/mol. The van der Waals surface area contributed by atoms with Crippen molar-refractivity contribution in [3.63, 3.8) is 0 Å². The normalized spacial score (nSPS) is 10.1. The second-order valence-electron chi connectivity index (χ2n) is 4.19. The molecule has 2 rings (SSSR count). The lowest BCUT2D eigenvalue weighted by Gasteiger charge is -2.09. The van der Waals surface area contributed by atoms with Crippen LogP contribution in [0.5, 0.6) is 0 Å². The van der Waals surface area contributed by atoms with Gasteiger partial charge >= 0.3 is 0 Å². The quantitative estimate of drug-likeness (QED) is 0.525. The number of hydrogen-bond donors (Lipinski definition) is 0. The third kappa shape index (κ3) is 4.39. The van der Waals surface area contributed by atoms with Crippen LogP contribution in [0.15, 0.2) is 67.8 Å². The lowest BCUT2D eigenvalue weighted by atomic mass is 10.00. The Balaban J connectivity index is 2.14. The van der Waals surface area contributed by atoms with Gasteiger partial charge in [-0.05, 0) is 74.7 Å². The molecule has 2 heteroatoms. The van der Waals surface area contributed by atoms with Crippen molar-refractivity contribution in [2.24, 2.45) is 0 Å². The fourth-order valence-electron chi connectivity index (χ4n) is 1.88. The van der Waals surface area contributed by atoms with Crippen molar-refractivity contribution in [3.8, 4) is 0 Å². The van der Waals surface area contributed by atoms with Gasteiger partial charge in [0.05, 0.1) is 1.59 Å². The minimum absolute atomic E-state index is 1.04. The molecule has 2 aromatic carbocycles. The van der Waals surface area contributed by atoms with Crippen LogP contribution in [0.1, 0.15) is 11.1 Å². The summed E-state index contributed by atoms with van der Waals surface area (Å²) in [6.45, 7) is 0. The van der Waals surface area contributed by atoms with E-state index in [1.165, 1.54) is 18.3 Å². The Hall–Kier alpha value is -0.360. The van der Waals surface area contributed by atoms with Crippen molar-refractivity contribution in [3.05, 3.63) is 79.0 Å². The molecule has 0 aliphatic carbocycles. The summed E-state index contributed by atoms with van der Waals surface area (Å²) in [6.07, 6.45) is 2.08. The van der Waals surface area contributed by atoms with Gasteiger partial charge in [-0.25, -0.2) is 0 Å². The van der Waals surface area contributed by atoms with Crippen LogP contribution in [-0.4, -0.2) is 0 Å². The van der Waals surface area contributed by atoms with E-state index in [0.717, 1.165) is 12.8 Å².